The average molecular weight is 368 g/mol. The Bertz CT molecular complexity index is 872. The molecular formula is C20H28N6O. The van der Waals surface area contributed by atoms with Crippen LogP contribution in [0.2, 0.25) is 0 Å². The summed E-state index contributed by atoms with van der Waals surface area (Å²) in [6.07, 6.45) is 0.946. The van der Waals surface area contributed by atoms with E-state index in [4.69, 9.17) is 0 Å². The Hall–Kier alpha value is -2.59. The summed E-state index contributed by atoms with van der Waals surface area (Å²) in [6, 6.07) is 6.10. The summed E-state index contributed by atoms with van der Waals surface area (Å²) in [4.78, 5) is 17.3. The number of carbonyl (C=O) groups is 1. The number of hydrogen-bond donors (Lipinski definition) is 0. The summed E-state index contributed by atoms with van der Waals surface area (Å²) in [5.74, 6) is 0.0713. The van der Waals surface area contributed by atoms with E-state index in [2.05, 4.69) is 23.0 Å². The largest absolute Gasteiger partial charge is 0.340 e. The topological polar surface area (TPSA) is 70.1 Å². The molecule has 144 valence electrons. The van der Waals surface area contributed by atoms with Gasteiger partial charge in [0.05, 0.1) is 5.69 Å². The molecule has 0 radical (unpaired) electrons. The van der Waals surface area contributed by atoms with Gasteiger partial charge in [-0.25, -0.2) is 0 Å². The van der Waals surface area contributed by atoms with E-state index in [9.17, 15) is 10.1 Å². The van der Waals surface area contributed by atoms with Gasteiger partial charge in [-0.3, -0.25) is 14.4 Å². The molecule has 0 spiro atoms. The highest BCUT2D eigenvalue weighted by atomic mass is 16.2. The monoisotopic (exact) mass is 368 g/mol. The van der Waals surface area contributed by atoms with E-state index >= 15 is 0 Å². The van der Waals surface area contributed by atoms with Crippen molar-refractivity contribution in [3.8, 4) is 6.07 Å². The minimum Gasteiger partial charge on any atom is -0.340 e. The number of hydrogen-bond acceptors (Lipinski definition) is 4. The van der Waals surface area contributed by atoms with Crippen LogP contribution in [0.15, 0.2) is 12.1 Å². The second kappa shape index (κ2) is 7.97. The van der Waals surface area contributed by atoms with Crippen LogP contribution in [0.5, 0.6) is 0 Å². The number of aryl methyl sites for hydroxylation is 2. The van der Waals surface area contributed by atoms with E-state index in [1.807, 2.05) is 42.5 Å². The van der Waals surface area contributed by atoms with E-state index in [0.717, 1.165) is 44.0 Å². The van der Waals surface area contributed by atoms with Gasteiger partial charge in [0.15, 0.2) is 0 Å². The van der Waals surface area contributed by atoms with Gasteiger partial charge in [0.2, 0.25) is 0 Å². The Morgan fingerprint density at radius 2 is 2.00 bits per heavy atom. The number of nitrogens with zero attached hydrogens (tertiary/aromatic N) is 6. The molecule has 7 heteroatoms. The van der Waals surface area contributed by atoms with Gasteiger partial charge in [0.25, 0.3) is 5.91 Å². The molecule has 0 bridgehead atoms. The van der Waals surface area contributed by atoms with Gasteiger partial charge in [0, 0.05) is 52.0 Å². The number of carbonyl (C=O) groups excluding carboxylic acids is 1. The van der Waals surface area contributed by atoms with E-state index in [1.54, 1.807) is 4.68 Å². The molecule has 1 aliphatic heterocycles. The smallest absolute Gasteiger partial charge is 0.272 e. The van der Waals surface area contributed by atoms with Crippen molar-refractivity contribution < 1.29 is 4.79 Å². The molecule has 2 aromatic rings. The number of nitriles is 1. The Balaban J connectivity index is 1.67. The van der Waals surface area contributed by atoms with Crippen molar-refractivity contribution in [2.45, 2.75) is 40.3 Å². The molecule has 3 heterocycles. The SMILES string of the molecule is CCn1nc(C)cc1C(=O)N1CCCN(Cc2cc(C#N)n(C)c2C)CC1. The molecule has 0 aliphatic carbocycles. The van der Waals surface area contributed by atoms with Crippen LogP contribution in [-0.2, 0) is 20.1 Å². The van der Waals surface area contributed by atoms with E-state index in [0.29, 0.717) is 24.5 Å². The summed E-state index contributed by atoms with van der Waals surface area (Å²) < 4.78 is 3.73. The summed E-state index contributed by atoms with van der Waals surface area (Å²) in [5, 5.41) is 13.6. The minimum atomic E-state index is 0.0713. The molecular weight excluding hydrogens is 340 g/mol. The quantitative estimate of drug-likeness (QED) is 0.828. The van der Waals surface area contributed by atoms with Crippen LogP contribution in [0.25, 0.3) is 0 Å². The predicted octanol–water partition coefficient (Wildman–Crippen LogP) is 2.08. The highest BCUT2D eigenvalue weighted by Gasteiger charge is 2.24. The molecule has 0 N–H and O–H groups in total. The maximum Gasteiger partial charge on any atom is 0.272 e. The molecule has 2 aromatic heterocycles. The number of amides is 1. The normalized spacial score (nSPS) is 15.6. The first-order chi connectivity index (χ1) is 12.9. The lowest BCUT2D eigenvalue weighted by Gasteiger charge is -2.22. The fourth-order valence-corrected chi connectivity index (χ4v) is 3.72. The van der Waals surface area contributed by atoms with Crippen LogP contribution in [-0.4, -0.2) is 56.2 Å². The molecule has 0 saturated carbocycles. The lowest BCUT2D eigenvalue weighted by Crippen LogP contribution is -2.36. The molecule has 7 nitrogen and oxygen atoms in total. The third kappa shape index (κ3) is 3.91. The third-order valence-corrected chi connectivity index (χ3v) is 5.45. The van der Waals surface area contributed by atoms with Gasteiger partial charge in [-0.1, -0.05) is 0 Å². The zero-order chi connectivity index (χ0) is 19.6. The second-order valence-electron chi connectivity index (χ2n) is 7.22. The van der Waals surface area contributed by atoms with Crippen molar-refractivity contribution >= 4 is 5.91 Å². The summed E-state index contributed by atoms with van der Waals surface area (Å²) >= 11 is 0. The molecule has 0 atom stereocenters. The van der Waals surface area contributed by atoms with Crippen molar-refractivity contribution in [2.24, 2.45) is 7.05 Å². The zero-order valence-corrected chi connectivity index (χ0v) is 16.7. The van der Waals surface area contributed by atoms with Gasteiger partial charge >= 0.3 is 0 Å². The van der Waals surface area contributed by atoms with Gasteiger partial charge in [-0.2, -0.15) is 10.4 Å². The van der Waals surface area contributed by atoms with Crippen LogP contribution in [0.3, 0.4) is 0 Å². The van der Waals surface area contributed by atoms with E-state index in [1.165, 1.54) is 5.56 Å². The third-order valence-electron chi connectivity index (χ3n) is 5.45. The van der Waals surface area contributed by atoms with Crippen molar-refractivity contribution in [2.75, 3.05) is 26.2 Å². The van der Waals surface area contributed by atoms with Gasteiger partial charge < -0.3 is 9.47 Å². The first-order valence-electron chi connectivity index (χ1n) is 9.56. The fraction of sp³-hybridized carbons (Fsp3) is 0.550. The van der Waals surface area contributed by atoms with Crippen LogP contribution >= 0.6 is 0 Å². The van der Waals surface area contributed by atoms with Crippen molar-refractivity contribution in [3.05, 3.63) is 40.5 Å². The fourth-order valence-electron chi connectivity index (χ4n) is 3.72. The molecule has 0 unspecified atom stereocenters. The van der Waals surface area contributed by atoms with Crippen LogP contribution in [0.1, 0.15) is 46.5 Å². The van der Waals surface area contributed by atoms with Crippen molar-refractivity contribution in [1.29, 1.82) is 5.26 Å². The highest BCUT2D eigenvalue weighted by molar-refractivity contribution is 5.92. The number of rotatable bonds is 4. The zero-order valence-electron chi connectivity index (χ0n) is 16.7. The Morgan fingerprint density at radius 1 is 1.22 bits per heavy atom. The predicted molar refractivity (Wildman–Crippen MR) is 103 cm³/mol. The highest BCUT2D eigenvalue weighted by Crippen LogP contribution is 2.18. The lowest BCUT2D eigenvalue weighted by atomic mass is 10.2. The summed E-state index contributed by atoms with van der Waals surface area (Å²) in [6.45, 7) is 10.8. The van der Waals surface area contributed by atoms with E-state index in [-0.39, 0.29) is 5.91 Å². The van der Waals surface area contributed by atoms with Gasteiger partial charge in [-0.15, -0.1) is 0 Å². The van der Waals surface area contributed by atoms with Gasteiger partial charge in [0.1, 0.15) is 17.5 Å². The summed E-state index contributed by atoms with van der Waals surface area (Å²) in [5.41, 5.74) is 4.57. The van der Waals surface area contributed by atoms with Crippen molar-refractivity contribution in [3.63, 3.8) is 0 Å². The molecule has 1 saturated heterocycles. The maximum absolute atomic E-state index is 13.0. The number of aromatic nitrogens is 3. The standard InChI is InChI=1S/C20H28N6O/c1-5-26-19(11-15(2)22-26)20(27)25-8-6-7-24(9-10-25)14-17-12-18(13-21)23(4)16(17)3/h11-12H,5-10,14H2,1-4H3. The van der Waals surface area contributed by atoms with Crippen LogP contribution < -0.4 is 0 Å². The molecule has 27 heavy (non-hydrogen) atoms. The average Bonchev–Trinajstić information content (AvgIpc) is 3.05. The van der Waals surface area contributed by atoms with E-state index < -0.39 is 0 Å². The molecule has 3 rings (SSSR count). The van der Waals surface area contributed by atoms with Gasteiger partial charge in [-0.05, 0) is 44.9 Å². The first-order valence-corrected chi connectivity index (χ1v) is 9.56. The molecule has 1 amide bonds. The Labute approximate surface area is 160 Å². The molecule has 1 fully saturated rings. The maximum atomic E-state index is 13.0. The Morgan fingerprint density at radius 3 is 2.67 bits per heavy atom. The minimum absolute atomic E-state index is 0.0713. The van der Waals surface area contributed by atoms with Crippen LogP contribution in [0, 0.1) is 25.2 Å². The second-order valence-corrected chi connectivity index (χ2v) is 7.22. The van der Waals surface area contributed by atoms with Crippen LogP contribution in [0.4, 0.5) is 0 Å². The lowest BCUT2D eigenvalue weighted by molar-refractivity contribution is 0.0748. The van der Waals surface area contributed by atoms with Crippen molar-refractivity contribution in [1.82, 2.24) is 24.1 Å². The first kappa shape index (κ1) is 19.2. The molecule has 1 aliphatic rings. The molecule has 0 aromatic carbocycles. The Kier molecular flexibility index (Phi) is 5.66. The summed E-state index contributed by atoms with van der Waals surface area (Å²) in [7, 11) is 1.93.